The topological polar surface area (TPSA) is 78.1 Å². The molecule has 2 aromatic heterocycles. The van der Waals surface area contributed by atoms with Gasteiger partial charge in [-0.05, 0) is 50.5 Å². The van der Waals surface area contributed by atoms with Gasteiger partial charge >= 0.3 is 0 Å². The van der Waals surface area contributed by atoms with Crippen molar-refractivity contribution in [1.29, 1.82) is 0 Å². The van der Waals surface area contributed by atoms with Crippen molar-refractivity contribution in [3.63, 3.8) is 0 Å². The van der Waals surface area contributed by atoms with Crippen LogP contribution in [0.5, 0.6) is 0 Å². The number of nitrogens with one attached hydrogen (secondary N) is 2. The normalized spacial score (nSPS) is 14.0. The van der Waals surface area contributed by atoms with Gasteiger partial charge in [-0.2, -0.15) is 0 Å². The van der Waals surface area contributed by atoms with E-state index in [2.05, 4.69) is 15.3 Å². The second-order valence-electron chi connectivity index (χ2n) is 7.38. The molecular formula is C21H23FN4O2S. The van der Waals surface area contributed by atoms with E-state index in [4.69, 9.17) is 0 Å². The molecule has 0 aliphatic carbocycles. The van der Waals surface area contributed by atoms with Crippen LogP contribution in [0.4, 0.5) is 15.8 Å². The fraction of sp³-hybridized carbons (Fsp3) is 0.381. The summed E-state index contributed by atoms with van der Waals surface area (Å²) >= 11 is 1.48. The van der Waals surface area contributed by atoms with Crippen molar-refractivity contribution in [2.45, 2.75) is 39.5 Å². The number of halogens is 1. The van der Waals surface area contributed by atoms with Gasteiger partial charge in [0.1, 0.15) is 16.5 Å². The third kappa shape index (κ3) is 4.03. The SMILES string of the molecule is Cc1sc2nc(CCC(=O)Nc3ccc(N4CCCC4)c(F)c3)[nH]c(=O)c2c1C. The lowest BCUT2D eigenvalue weighted by Crippen LogP contribution is -2.19. The second-order valence-corrected chi connectivity index (χ2v) is 8.59. The van der Waals surface area contributed by atoms with Crippen LogP contribution in [0, 0.1) is 19.7 Å². The molecule has 1 aliphatic heterocycles. The number of nitrogens with zero attached hydrogens (tertiary/aromatic N) is 2. The Labute approximate surface area is 171 Å². The molecule has 0 spiro atoms. The average Bonchev–Trinajstić information content (AvgIpc) is 3.29. The minimum atomic E-state index is -0.329. The Bertz CT molecular complexity index is 1130. The Morgan fingerprint density at radius 3 is 2.79 bits per heavy atom. The molecule has 3 heterocycles. The molecule has 0 bridgehead atoms. The van der Waals surface area contributed by atoms with Crippen molar-refractivity contribution in [2.24, 2.45) is 0 Å². The summed E-state index contributed by atoms with van der Waals surface area (Å²) in [6.45, 7) is 5.59. The summed E-state index contributed by atoms with van der Waals surface area (Å²) in [6.07, 6.45) is 2.60. The summed E-state index contributed by atoms with van der Waals surface area (Å²) in [6, 6.07) is 4.79. The van der Waals surface area contributed by atoms with Crippen LogP contribution in [0.1, 0.15) is 35.5 Å². The number of benzene rings is 1. The predicted octanol–water partition coefficient (Wildman–Crippen LogP) is 3.91. The van der Waals surface area contributed by atoms with E-state index in [1.54, 1.807) is 12.1 Å². The van der Waals surface area contributed by atoms with Crippen LogP contribution in [0.2, 0.25) is 0 Å². The minimum absolute atomic E-state index is 0.146. The summed E-state index contributed by atoms with van der Waals surface area (Å²) in [5.41, 5.74) is 1.78. The number of thiophene rings is 1. The average molecular weight is 415 g/mol. The molecule has 1 aromatic carbocycles. The first-order valence-electron chi connectivity index (χ1n) is 9.75. The number of fused-ring (bicyclic) bond motifs is 1. The lowest BCUT2D eigenvalue weighted by atomic mass is 10.2. The first-order chi connectivity index (χ1) is 13.9. The molecule has 8 heteroatoms. The quantitative estimate of drug-likeness (QED) is 0.664. The van der Waals surface area contributed by atoms with Crippen molar-refractivity contribution < 1.29 is 9.18 Å². The van der Waals surface area contributed by atoms with Crippen LogP contribution in [-0.2, 0) is 11.2 Å². The smallest absolute Gasteiger partial charge is 0.259 e. The van der Waals surface area contributed by atoms with E-state index in [1.165, 1.54) is 17.4 Å². The van der Waals surface area contributed by atoms with Gasteiger partial charge in [0.05, 0.1) is 11.1 Å². The Hall–Kier alpha value is -2.74. The molecule has 1 aliphatic rings. The Morgan fingerprint density at radius 2 is 2.07 bits per heavy atom. The van der Waals surface area contributed by atoms with Crippen LogP contribution < -0.4 is 15.8 Å². The highest BCUT2D eigenvalue weighted by Crippen LogP contribution is 2.27. The number of H-pyrrole nitrogens is 1. The number of carbonyl (C=O) groups is 1. The van der Waals surface area contributed by atoms with Gasteiger partial charge < -0.3 is 15.2 Å². The predicted molar refractivity (Wildman–Crippen MR) is 115 cm³/mol. The van der Waals surface area contributed by atoms with Crippen LogP contribution in [0.25, 0.3) is 10.2 Å². The number of amides is 1. The molecule has 0 unspecified atom stereocenters. The van der Waals surface area contributed by atoms with E-state index in [0.29, 0.717) is 33.8 Å². The number of rotatable bonds is 5. The third-order valence-corrected chi connectivity index (χ3v) is 6.46. The van der Waals surface area contributed by atoms with E-state index in [-0.39, 0.29) is 23.7 Å². The van der Waals surface area contributed by atoms with Gasteiger partial charge in [0.2, 0.25) is 5.91 Å². The number of aryl methyl sites for hydroxylation is 3. The maximum atomic E-state index is 14.4. The molecule has 0 atom stereocenters. The van der Waals surface area contributed by atoms with E-state index >= 15 is 0 Å². The monoisotopic (exact) mass is 414 g/mol. The van der Waals surface area contributed by atoms with Crippen molar-refractivity contribution in [2.75, 3.05) is 23.3 Å². The number of anilines is 2. The van der Waals surface area contributed by atoms with Crippen molar-refractivity contribution in [1.82, 2.24) is 9.97 Å². The first-order valence-corrected chi connectivity index (χ1v) is 10.6. The lowest BCUT2D eigenvalue weighted by molar-refractivity contribution is -0.116. The number of hydrogen-bond donors (Lipinski definition) is 2. The fourth-order valence-corrected chi connectivity index (χ4v) is 4.72. The molecule has 4 rings (SSSR count). The Balaban J connectivity index is 1.41. The molecule has 2 N–H and O–H groups in total. The number of aromatic amines is 1. The van der Waals surface area contributed by atoms with Gasteiger partial charge in [0, 0.05) is 36.5 Å². The van der Waals surface area contributed by atoms with Crippen LogP contribution in [0.3, 0.4) is 0 Å². The highest BCUT2D eigenvalue weighted by molar-refractivity contribution is 7.18. The van der Waals surface area contributed by atoms with E-state index in [1.807, 2.05) is 18.7 Å². The largest absolute Gasteiger partial charge is 0.369 e. The molecule has 1 amide bonds. The summed E-state index contributed by atoms with van der Waals surface area (Å²) in [5, 5.41) is 3.34. The Kier molecular flexibility index (Phi) is 5.36. The molecule has 0 radical (unpaired) electrons. The van der Waals surface area contributed by atoms with Gasteiger partial charge in [-0.3, -0.25) is 9.59 Å². The third-order valence-electron chi connectivity index (χ3n) is 5.36. The summed E-state index contributed by atoms with van der Waals surface area (Å²) in [4.78, 5) is 35.6. The van der Waals surface area contributed by atoms with Crippen LogP contribution in [-0.4, -0.2) is 29.0 Å². The summed E-state index contributed by atoms with van der Waals surface area (Å²) in [7, 11) is 0. The van der Waals surface area contributed by atoms with Gasteiger partial charge in [0.25, 0.3) is 5.56 Å². The van der Waals surface area contributed by atoms with Gasteiger partial charge in [-0.25, -0.2) is 9.37 Å². The van der Waals surface area contributed by atoms with E-state index < -0.39 is 0 Å². The number of aromatic nitrogens is 2. The van der Waals surface area contributed by atoms with E-state index in [0.717, 1.165) is 36.4 Å². The number of hydrogen-bond acceptors (Lipinski definition) is 5. The molecule has 3 aromatic rings. The van der Waals surface area contributed by atoms with E-state index in [9.17, 15) is 14.0 Å². The molecular weight excluding hydrogens is 391 g/mol. The minimum Gasteiger partial charge on any atom is -0.369 e. The maximum absolute atomic E-state index is 14.4. The maximum Gasteiger partial charge on any atom is 0.259 e. The molecule has 0 saturated carbocycles. The standard InChI is InChI=1S/C21H23FN4O2S/c1-12-13(2)29-21-19(12)20(28)24-17(25-21)7-8-18(27)23-14-5-6-16(15(22)11-14)26-9-3-4-10-26/h5-6,11H,3-4,7-10H2,1-2H3,(H,23,27)(H,24,25,28). The zero-order valence-corrected chi connectivity index (χ0v) is 17.3. The highest BCUT2D eigenvalue weighted by Gasteiger charge is 2.17. The lowest BCUT2D eigenvalue weighted by Gasteiger charge is -2.18. The summed E-state index contributed by atoms with van der Waals surface area (Å²) in [5.74, 6) is -0.0985. The highest BCUT2D eigenvalue weighted by atomic mass is 32.1. The van der Waals surface area contributed by atoms with Crippen LogP contribution >= 0.6 is 11.3 Å². The zero-order valence-electron chi connectivity index (χ0n) is 16.5. The van der Waals surface area contributed by atoms with Gasteiger partial charge in [0.15, 0.2) is 0 Å². The molecule has 6 nitrogen and oxygen atoms in total. The van der Waals surface area contributed by atoms with Crippen molar-refractivity contribution in [3.8, 4) is 0 Å². The van der Waals surface area contributed by atoms with Crippen molar-refractivity contribution in [3.05, 3.63) is 50.6 Å². The molecule has 29 heavy (non-hydrogen) atoms. The Morgan fingerprint density at radius 1 is 1.31 bits per heavy atom. The molecule has 1 fully saturated rings. The second kappa shape index (κ2) is 7.94. The number of carbonyl (C=O) groups excluding carboxylic acids is 1. The fourth-order valence-electron chi connectivity index (χ4n) is 3.67. The summed E-state index contributed by atoms with van der Waals surface area (Å²) < 4.78 is 14.4. The van der Waals surface area contributed by atoms with Crippen molar-refractivity contribution >= 4 is 38.8 Å². The van der Waals surface area contributed by atoms with Gasteiger partial charge in [-0.1, -0.05) is 0 Å². The first kappa shape index (κ1) is 19.6. The molecule has 1 saturated heterocycles. The van der Waals surface area contributed by atoms with Gasteiger partial charge in [-0.15, -0.1) is 11.3 Å². The van der Waals surface area contributed by atoms with Crippen LogP contribution in [0.15, 0.2) is 23.0 Å². The molecule has 152 valence electrons. The zero-order chi connectivity index (χ0) is 20.5.